The van der Waals surface area contributed by atoms with Gasteiger partial charge < -0.3 is 4.74 Å². The minimum absolute atomic E-state index is 0.272. The number of carbonyl (C=O) groups excluding carboxylic acids is 1. The maximum atomic E-state index is 11.8. The molecular formula is C17H19N5O2S. The first-order valence-electron chi connectivity index (χ1n) is 8.01. The molecule has 1 atom stereocenters. The van der Waals surface area contributed by atoms with E-state index in [4.69, 9.17) is 4.74 Å². The van der Waals surface area contributed by atoms with Gasteiger partial charge in [-0.05, 0) is 26.3 Å². The second-order valence-corrected chi connectivity index (χ2v) is 6.93. The van der Waals surface area contributed by atoms with Crippen molar-refractivity contribution in [1.82, 2.24) is 25.0 Å². The van der Waals surface area contributed by atoms with Crippen molar-refractivity contribution in [1.29, 1.82) is 0 Å². The van der Waals surface area contributed by atoms with Gasteiger partial charge in [-0.15, -0.1) is 5.10 Å². The van der Waals surface area contributed by atoms with Gasteiger partial charge in [0.15, 0.2) is 11.2 Å². The Morgan fingerprint density at radius 1 is 1.28 bits per heavy atom. The summed E-state index contributed by atoms with van der Waals surface area (Å²) >= 11 is 1.30. The summed E-state index contributed by atoms with van der Waals surface area (Å²) in [6, 6.07) is 8.24. The number of benzene rings is 1. The van der Waals surface area contributed by atoms with Crippen LogP contribution in [0.2, 0.25) is 0 Å². The van der Waals surface area contributed by atoms with Crippen LogP contribution in [0.25, 0.3) is 11.2 Å². The zero-order valence-corrected chi connectivity index (χ0v) is 15.2. The molecule has 8 heteroatoms. The summed E-state index contributed by atoms with van der Waals surface area (Å²) in [6.45, 7) is 6.55. The van der Waals surface area contributed by atoms with Crippen LogP contribution < -0.4 is 0 Å². The van der Waals surface area contributed by atoms with Gasteiger partial charge >= 0.3 is 5.97 Å². The van der Waals surface area contributed by atoms with E-state index in [9.17, 15) is 4.79 Å². The molecule has 2 heterocycles. The molecule has 25 heavy (non-hydrogen) atoms. The number of rotatable bonds is 6. The highest BCUT2D eigenvalue weighted by Gasteiger charge is 2.20. The Morgan fingerprint density at radius 3 is 2.76 bits per heavy atom. The predicted molar refractivity (Wildman–Crippen MR) is 95.4 cm³/mol. The van der Waals surface area contributed by atoms with Crippen molar-refractivity contribution in [2.75, 3.05) is 6.61 Å². The lowest BCUT2D eigenvalue weighted by atomic mass is 10.1. The first-order valence-corrected chi connectivity index (χ1v) is 8.89. The maximum Gasteiger partial charge on any atom is 0.319 e. The topological polar surface area (TPSA) is 82.8 Å². The van der Waals surface area contributed by atoms with Crippen LogP contribution in [0, 0.1) is 6.92 Å². The average molecular weight is 357 g/mol. The van der Waals surface area contributed by atoms with Crippen LogP contribution >= 0.6 is 11.8 Å². The lowest BCUT2D eigenvalue weighted by Gasteiger charge is -2.09. The quantitative estimate of drug-likeness (QED) is 0.381. The number of nitrogens with zero attached hydrogens (tertiary/aromatic N) is 5. The third kappa shape index (κ3) is 3.96. The first kappa shape index (κ1) is 17.3. The molecule has 2 aromatic heterocycles. The van der Waals surface area contributed by atoms with Gasteiger partial charge in [-0.25, -0.2) is 14.6 Å². The van der Waals surface area contributed by atoms with Gasteiger partial charge in [0.1, 0.15) is 16.6 Å². The van der Waals surface area contributed by atoms with Gasteiger partial charge in [-0.3, -0.25) is 4.79 Å². The fraction of sp³-hybridized carbons (Fsp3) is 0.353. The summed E-state index contributed by atoms with van der Waals surface area (Å²) in [7, 11) is 0. The first-order chi connectivity index (χ1) is 12.1. The number of esters is 1. The SMILES string of the molecule is CCOC(=O)[C@H](C)Sc1ncnc2c1nnn2Cc1ccc(C)cc1. The number of aromatic nitrogens is 5. The smallest absolute Gasteiger partial charge is 0.319 e. The molecule has 3 rings (SSSR count). The molecule has 0 aliphatic rings. The van der Waals surface area contributed by atoms with E-state index in [1.165, 1.54) is 23.7 Å². The van der Waals surface area contributed by atoms with Gasteiger partial charge in [-0.1, -0.05) is 46.8 Å². The fourth-order valence-electron chi connectivity index (χ4n) is 2.31. The van der Waals surface area contributed by atoms with E-state index in [2.05, 4.69) is 51.5 Å². The largest absolute Gasteiger partial charge is 0.465 e. The molecule has 0 bridgehead atoms. The zero-order chi connectivity index (χ0) is 17.8. The van der Waals surface area contributed by atoms with E-state index in [1.807, 2.05) is 0 Å². The molecule has 0 aliphatic heterocycles. The Bertz CT molecular complexity index is 878. The third-order valence-electron chi connectivity index (χ3n) is 3.63. The number of hydrogen-bond acceptors (Lipinski definition) is 7. The molecule has 0 N–H and O–H groups in total. The van der Waals surface area contributed by atoms with Gasteiger partial charge in [0.05, 0.1) is 13.2 Å². The number of thioether (sulfide) groups is 1. The van der Waals surface area contributed by atoms with E-state index in [0.717, 1.165) is 5.56 Å². The summed E-state index contributed by atoms with van der Waals surface area (Å²) in [5, 5.41) is 8.65. The summed E-state index contributed by atoms with van der Waals surface area (Å²) < 4.78 is 6.77. The van der Waals surface area contributed by atoms with E-state index >= 15 is 0 Å². The van der Waals surface area contributed by atoms with Crippen molar-refractivity contribution in [3.05, 3.63) is 41.7 Å². The van der Waals surface area contributed by atoms with E-state index < -0.39 is 0 Å². The van der Waals surface area contributed by atoms with Gasteiger partial charge in [0, 0.05) is 0 Å². The zero-order valence-electron chi connectivity index (χ0n) is 14.3. The summed E-state index contributed by atoms with van der Waals surface area (Å²) in [5.41, 5.74) is 3.57. The monoisotopic (exact) mass is 357 g/mol. The second-order valence-electron chi connectivity index (χ2n) is 5.60. The molecule has 7 nitrogen and oxygen atoms in total. The van der Waals surface area contributed by atoms with Crippen molar-refractivity contribution in [2.24, 2.45) is 0 Å². The lowest BCUT2D eigenvalue weighted by Crippen LogP contribution is -2.16. The van der Waals surface area contributed by atoms with Crippen LogP contribution in [0.4, 0.5) is 0 Å². The van der Waals surface area contributed by atoms with Crippen LogP contribution in [0.3, 0.4) is 0 Å². The molecule has 0 spiro atoms. The van der Waals surface area contributed by atoms with Crippen molar-refractivity contribution in [3.8, 4) is 0 Å². The predicted octanol–water partition coefficient (Wildman–Crippen LogP) is 2.62. The maximum absolute atomic E-state index is 11.8. The van der Waals surface area contributed by atoms with Crippen LogP contribution in [-0.4, -0.2) is 42.8 Å². The van der Waals surface area contributed by atoms with Crippen LogP contribution in [0.15, 0.2) is 35.6 Å². The molecule has 0 fully saturated rings. The van der Waals surface area contributed by atoms with E-state index in [0.29, 0.717) is 29.3 Å². The molecule has 0 unspecified atom stereocenters. The summed E-state index contributed by atoms with van der Waals surface area (Å²) in [4.78, 5) is 20.4. The standard InChI is InChI=1S/C17H19N5O2S/c1-4-24-17(23)12(3)25-16-14-15(18-10-19-16)22(21-20-14)9-13-7-5-11(2)6-8-13/h5-8,10,12H,4,9H2,1-3H3/t12-/m0/s1. The molecule has 0 aliphatic carbocycles. The Labute approximate surface area is 149 Å². The molecule has 0 saturated carbocycles. The van der Waals surface area contributed by atoms with Gasteiger partial charge in [-0.2, -0.15) is 0 Å². The van der Waals surface area contributed by atoms with Crippen LogP contribution in [0.1, 0.15) is 25.0 Å². The summed E-state index contributed by atoms with van der Waals surface area (Å²) in [5.74, 6) is -0.272. The third-order valence-corrected chi connectivity index (χ3v) is 4.69. The van der Waals surface area contributed by atoms with E-state index in [-0.39, 0.29) is 11.2 Å². The van der Waals surface area contributed by atoms with Crippen LogP contribution in [-0.2, 0) is 16.1 Å². The van der Waals surface area contributed by atoms with Gasteiger partial charge in [0.2, 0.25) is 0 Å². The molecule has 3 aromatic rings. The molecule has 0 saturated heterocycles. The molecule has 130 valence electrons. The number of carbonyl (C=O) groups is 1. The Hall–Kier alpha value is -2.48. The normalized spacial score (nSPS) is 12.3. The molecule has 0 radical (unpaired) electrons. The highest BCUT2D eigenvalue weighted by Crippen LogP contribution is 2.27. The average Bonchev–Trinajstić information content (AvgIpc) is 3.01. The molecular weight excluding hydrogens is 338 g/mol. The van der Waals surface area contributed by atoms with Crippen molar-refractivity contribution < 1.29 is 9.53 Å². The molecule has 1 aromatic carbocycles. The van der Waals surface area contributed by atoms with Crippen molar-refractivity contribution >= 4 is 28.9 Å². The van der Waals surface area contributed by atoms with Crippen molar-refractivity contribution in [3.63, 3.8) is 0 Å². The highest BCUT2D eigenvalue weighted by atomic mass is 32.2. The number of fused-ring (bicyclic) bond motifs is 1. The Morgan fingerprint density at radius 2 is 2.04 bits per heavy atom. The number of aryl methyl sites for hydroxylation is 1. The summed E-state index contributed by atoms with van der Waals surface area (Å²) in [6.07, 6.45) is 1.47. The minimum atomic E-state index is -0.375. The Balaban J connectivity index is 1.84. The Kier molecular flexibility index (Phi) is 5.28. The lowest BCUT2D eigenvalue weighted by molar-refractivity contribution is -0.142. The van der Waals surface area contributed by atoms with Gasteiger partial charge in [0.25, 0.3) is 0 Å². The van der Waals surface area contributed by atoms with E-state index in [1.54, 1.807) is 18.5 Å². The number of ether oxygens (including phenoxy) is 1. The second kappa shape index (κ2) is 7.60. The number of hydrogen-bond donors (Lipinski definition) is 0. The van der Waals surface area contributed by atoms with Crippen LogP contribution in [0.5, 0.6) is 0 Å². The van der Waals surface area contributed by atoms with Crippen molar-refractivity contribution in [2.45, 2.75) is 37.6 Å². The molecule has 0 amide bonds. The highest BCUT2D eigenvalue weighted by molar-refractivity contribution is 8.00. The minimum Gasteiger partial charge on any atom is -0.465 e. The fourth-order valence-corrected chi connectivity index (χ4v) is 3.16.